The largest absolute Gasteiger partial charge is 0.396 e. The highest BCUT2D eigenvalue weighted by Crippen LogP contribution is 2.21. The van der Waals surface area contributed by atoms with Gasteiger partial charge in [-0.2, -0.15) is 0 Å². The molecular formula is C16H20N2O3S. The van der Waals surface area contributed by atoms with E-state index in [4.69, 9.17) is 5.11 Å². The van der Waals surface area contributed by atoms with Crippen LogP contribution in [0.3, 0.4) is 0 Å². The van der Waals surface area contributed by atoms with Crippen LogP contribution in [-0.4, -0.2) is 39.9 Å². The average molecular weight is 320 g/mol. The molecule has 0 bridgehead atoms. The van der Waals surface area contributed by atoms with Crippen molar-refractivity contribution in [1.29, 1.82) is 0 Å². The Bertz CT molecular complexity index is 594. The van der Waals surface area contributed by atoms with E-state index in [0.717, 1.165) is 10.6 Å². The van der Waals surface area contributed by atoms with Crippen molar-refractivity contribution in [3.05, 3.63) is 41.4 Å². The van der Waals surface area contributed by atoms with Gasteiger partial charge in [-0.15, -0.1) is 11.3 Å². The summed E-state index contributed by atoms with van der Waals surface area (Å²) in [5, 5.41) is 24.4. The van der Waals surface area contributed by atoms with Crippen LogP contribution in [0.5, 0.6) is 0 Å². The predicted octanol–water partition coefficient (Wildman–Crippen LogP) is 2.06. The number of hydrogen-bond acceptors (Lipinski definition) is 5. The maximum Gasteiger partial charge on any atom is 0.251 e. The number of aromatic nitrogens is 1. The first kappa shape index (κ1) is 16.6. The van der Waals surface area contributed by atoms with Crippen molar-refractivity contribution in [3.8, 4) is 10.6 Å². The maximum absolute atomic E-state index is 12.1. The minimum Gasteiger partial charge on any atom is -0.396 e. The molecule has 0 saturated carbocycles. The zero-order valence-electron chi connectivity index (χ0n) is 12.5. The molecule has 0 aliphatic heterocycles. The second kappa shape index (κ2) is 7.49. The van der Waals surface area contributed by atoms with Crippen LogP contribution in [0.15, 0.2) is 35.8 Å². The molecule has 0 saturated heterocycles. The van der Waals surface area contributed by atoms with Crippen LogP contribution in [0.25, 0.3) is 10.6 Å². The van der Waals surface area contributed by atoms with E-state index < -0.39 is 5.60 Å². The Balaban J connectivity index is 1.93. The summed E-state index contributed by atoms with van der Waals surface area (Å²) >= 11 is 1.55. The van der Waals surface area contributed by atoms with Crippen molar-refractivity contribution in [2.45, 2.75) is 25.4 Å². The van der Waals surface area contributed by atoms with Crippen molar-refractivity contribution < 1.29 is 15.0 Å². The van der Waals surface area contributed by atoms with Gasteiger partial charge in [0.1, 0.15) is 5.01 Å². The Labute approximate surface area is 133 Å². The third kappa shape index (κ3) is 4.62. The first-order chi connectivity index (χ1) is 10.5. The molecule has 1 aromatic heterocycles. The van der Waals surface area contributed by atoms with Crippen LogP contribution in [0, 0.1) is 0 Å². The molecule has 0 unspecified atom stereocenters. The lowest BCUT2D eigenvalue weighted by Crippen LogP contribution is -2.40. The van der Waals surface area contributed by atoms with Gasteiger partial charge in [-0.1, -0.05) is 12.1 Å². The summed E-state index contributed by atoms with van der Waals surface area (Å²) in [7, 11) is 0. The van der Waals surface area contributed by atoms with Crippen LogP contribution in [0.4, 0.5) is 0 Å². The van der Waals surface area contributed by atoms with Gasteiger partial charge in [0.15, 0.2) is 0 Å². The molecule has 0 aliphatic carbocycles. The highest BCUT2D eigenvalue weighted by molar-refractivity contribution is 7.13. The summed E-state index contributed by atoms with van der Waals surface area (Å²) in [6, 6.07) is 7.21. The molecule has 0 radical (unpaired) electrons. The molecule has 118 valence electrons. The van der Waals surface area contributed by atoms with Gasteiger partial charge >= 0.3 is 0 Å². The van der Waals surface area contributed by atoms with Crippen molar-refractivity contribution in [2.75, 3.05) is 13.2 Å². The van der Waals surface area contributed by atoms with Gasteiger partial charge in [0.05, 0.1) is 5.60 Å². The van der Waals surface area contributed by atoms with E-state index in [1.807, 2.05) is 17.5 Å². The molecule has 22 heavy (non-hydrogen) atoms. The van der Waals surface area contributed by atoms with E-state index in [2.05, 4.69) is 10.3 Å². The Morgan fingerprint density at radius 3 is 2.68 bits per heavy atom. The topological polar surface area (TPSA) is 82.5 Å². The first-order valence-corrected chi connectivity index (χ1v) is 8.01. The van der Waals surface area contributed by atoms with Crippen LogP contribution < -0.4 is 5.32 Å². The van der Waals surface area contributed by atoms with Crippen LogP contribution >= 0.6 is 11.3 Å². The fourth-order valence-electron chi connectivity index (χ4n) is 2.05. The summed E-state index contributed by atoms with van der Waals surface area (Å²) in [6.07, 6.45) is 2.69. The van der Waals surface area contributed by atoms with Crippen LogP contribution in [0.2, 0.25) is 0 Å². The summed E-state index contributed by atoms with van der Waals surface area (Å²) in [4.78, 5) is 16.3. The third-order valence-electron chi connectivity index (χ3n) is 3.33. The normalized spacial score (nSPS) is 13.6. The van der Waals surface area contributed by atoms with Gasteiger partial charge in [0, 0.05) is 35.9 Å². The van der Waals surface area contributed by atoms with Crippen molar-refractivity contribution >= 4 is 17.2 Å². The molecule has 3 N–H and O–H groups in total. The molecule has 2 rings (SSSR count). The number of rotatable bonds is 7. The van der Waals surface area contributed by atoms with Crippen molar-refractivity contribution in [3.63, 3.8) is 0 Å². The lowest BCUT2D eigenvalue weighted by Gasteiger charge is -2.23. The number of aliphatic hydroxyl groups excluding tert-OH is 1. The summed E-state index contributed by atoms with van der Waals surface area (Å²) < 4.78 is 0. The lowest BCUT2D eigenvalue weighted by molar-refractivity contribution is 0.0415. The standard InChI is InChI=1S/C16H20N2O3S/c1-16(21,7-2-9-19)11-18-14(20)12-3-5-13(6-4-12)15-17-8-10-22-15/h3-6,8,10,19,21H,2,7,9,11H2,1H3,(H,18,20)/t16-/m1/s1. The second-order valence-corrected chi connectivity index (χ2v) is 6.32. The Kier molecular flexibility index (Phi) is 5.65. The fourth-order valence-corrected chi connectivity index (χ4v) is 2.70. The van der Waals surface area contributed by atoms with Gasteiger partial charge < -0.3 is 15.5 Å². The molecule has 5 nitrogen and oxygen atoms in total. The quantitative estimate of drug-likeness (QED) is 0.729. The predicted molar refractivity (Wildman–Crippen MR) is 86.8 cm³/mol. The summed E-state index contributed by atoms with van der Waals surface area (Å²) in [6.45, 7) is 1.83. The van der Waals surface area contributed by atoms with E-state index in [9.17, 15) is 9.90 Å². The maximum atomic E-state index is 12.1. The highest BCUT2D eigenvalue weighted by Gasteiger charge is 2.20. The van der Waals surface area contributed by atoms with Gasteiger partial charge in [0.25, 0.3) is 5.91 Å². The lowest BCUT2D eigenvalue weighted by atomic mass is 10.0. The number of nitrogens with zero attached hydrogens (tertiary/aromatic N) is 1. The number of carbonyl (C=O) groups is 1. The molecule has 0 fully saturated rings. The third-order valence-corrected chi connectivity index (χ3v) is 4.15. The molecule has 0 aliphatic rings. The Hall–Kier alpha value is -1.76. The van der Waals surface area contributed by atoms with E-state index in [1.54, 1.807) is 36.6 Å². The molecule has 1 heterocycles. The summed E-state index contributed by atoms with van der Waals surface area (Å²) in [5.74, 6) is -0.227. The molecule has 0 spiro atoms. The zero-order valence-corrected chi connectivity index (χ0v) is 13.3. The van der Waals surface area contributed by atoms with Crippen molar-refractivity contribution in [2.24, 2.45) is 0 Å². The van der Waals surface area contributed by atoms with Crippen LogP contribution in [0.1, 0.15) is 30.1 Å². The molecule has 1 amide bonds. The summed E-state index contributed by atoms with van der Waals surface area (Å²) in [5.41, 5.74) is 0.499. The zero-order chi connectivity index (χ0) is 16.0. The fraction of sp³-hybridized carbons (Fsp3) is 0.375. The number of nitrogens with one attached hydrogen (secondary N) is 1. The van der Waals surface area contributed by atoms with E-state index >= 15 is 0 Å². The molecule has 2 aromatic rings. The number of carbonyl (C=O) groups excluding carboxylic acids is 1. The number of benzene rings is 1. The Morgan fingerprint density at radius 1 is 1.36 bits per heavy atom. The van der Waals surface area contributed by atoms with Gasteiger partial charge in [0.2, 0.25) is 0 Å². The smallest absolute Gasteiger partial charge is 0.251 e. The van der Waals surface area contributed by atoms with E-state index in [0.29, 0.717) is 18.4 Å². The van der Waals surface area contributed by atoms with Crippen LogP contribution in [-0.2, 0) is 0 Å². The van der Waals surface area contributed by atoms with Gasteiger partial charge in [-0.25, -0.2) is 4.98 Å². The molecule has 6 heteroatoms. The highest BCUT2D eigenvalue weighted by atomic mass is 32.1. The van der Waals surface area contributed by atoms with E-state index in [1.165, 1.54) is 0 Å². The van der Waals surface area contributed by atoms with Gasteiger partial charge in [-0.3, -0.25) is 4.79 Å². The molecule has 1 aromatic carbocycles. The van der Waals surface area contributed by atoms with E-state index in [-0.39, 0.29) is 19.1 Å². The minimum atomic E-state index is -1.01. The average Bonchev–Trinajstić information content (AvgIpc) is 3.05. The number of aliphatic hydroxyl groups is 2. The van der Waals surface area contributed by atoms with Crippen molar-refractivity contribution in [1.82, 2.24) is 10.3 Å². The molecule has 1 atom stereocenters. The Morgan fingerprint density at radius 2 is 2.09 bits per heavy atom. The van der Waals surface area contributed by atoms with Gasteiger partial charge in [-0.05, 0) is 31.9 Å². The SMILES string of the molecule is C[C@@](O)(CCCO)CNC(=O)c1ccc(-c2nccs2)cc1. The first-order valence-electron chi connectivity index (χ1n) is 7.13. The second-order valence-electron chi connectivity index (χ2n) is 5.42. The number of amides is 1. The minimum absolute atomic E-state index is 0.0301. The molecular weight excluding hydrogens is 300 g/mol. The number of thiazole rings is 1. The number of hydrogen-bond donors (Lipinski definition) is 3. The monoisotopic (exact) mass is 320 g/mol.